The van der Waals surface area contributed by atoms with Crippen molar-refractivity contribution < 1.29 is 4.79 Å². The van der Waals surface area contributed by atoms with Crippen molar-refractivity contribution in [3.63, 3.8) is 0 Å². The van der Waals surface area contributed by atoms with Gasteiger partial charge in [0.25, 0.3) is 0 Å². The summed E-state index contributed by atoms with van der Waals surface area (Å²) in [6, 6.07) is 2.27. The van der Waals surface area contributed by atoms with Gasteiger partial charge in [-0.2, -0.15) is 5.26 Å². The van der Waals surface area contributed by atoms with Crippen LogP contribution in [0.3, 0.4) is 0 Å². The first kappa shape index (κ1) is 9.05. The first-order chi connectivity index (χ1) is 5.70. The molecule has 1 amide bonds. The van der Waals surface area contributed by atoms with Crippen molar-refractivity contribution in [2.45, 2.75) is 38.1 Å². The molecule has 0 saturated heterocycles. The van der Waals surface area contributed by atoms with Crippen molar-refractivity contribution in [3.05, 3.63) is 0 Å². The Labute approximate surface area is 72.8 Å². The third-order valence-corrected chi connectivity index (χ3v) is 2.68. The molecule has 0 aromatic rings. The van der Waals surface area contributed by atoms with Gasteiger partial charge in [0.1, 0.15) is 0 Å². The highest BCUT2D eigenvalue weighted by Crippen LogP contribution is 2.30. The van der Waals surface area contributed by atoms with E-state index in [9.17, 15) is 4.79 Å². The molecule has 0 atom stereocenters. The van der Waals surface area contributed by atoms with Crippen molar-refractivity contribution >= 4 is 6.41 Å². The molecule has 0 heterocycles. The summed E-state index contributed by atoms with van der Waals surface area (Å²) >= 11 is 0. The van der Waals surface area contributed by atoms with E-state index in [2.05, 4.69) is 11.4 Å². The van der Waals surface area contributed by atoms with E-state index in [1.54, 1.807) is 0 Å². The van der Waals surface area contributed by atoms with Crippen LogP contribution in [0.4, 0.5) is 0 Å². The minimum Gasteiger partial charge on any atom is -0.354 e. The average molecular weight is 166 g/mol. The largest absolute Gasteiger partial charge is 0.354 e. The zero-order valence-electron chi connectivity index (χ0n) is 7.34. The number of nitriles is 1. The SMILES string of the molecule is CC1(NC=O)CCC(C#N)CC1. The van der Waals surface area contributed by atoms with Gasteiger partial charge in [0.05, 0.1) is 6.07 Å². The molecule has 66 valence electrons. The zero-order chi connectivity index (χ0) is 9.03. The van der Waals surface area contributed by atoms with Crippen molar-refractivity contribution in [1.29, 1.82) is 5.26 Å². The van der Waals surface area contributed by atoms with Gasteiger partial charge in [-0.15, -0.1) is 0 Å². The fourth-order valence-electron chi connectivity index (χ4n) is 1.67. The molecule has 3 heteroatoms. The molecule has 3 nitrogen and oxygen atoms in total. The van der Waals surface area contributed by atoms with Gasteiger partial charge in [0, 0.05) is 11.5 Å². The summed E-state index contributed by atoms with van der Waals surface area (Å²) in [5, 5.41) is 11.5. The summed E-state index contributed by atoms with van der Waals surface area (Å²) in [4.78, 5) is 10.3. The van der Waals surface area contributed by atoms with Crippen LogP contribution in [-0.2, 0) is 4.79 Å². The van der Waals surface area contributed by atoms with Gasteiger partial charge in [0.2, 0.25) is 6.41 Å². The van der Waals surface area contributed by atoms with Gasteiger partial charge in [0.15, 0.2) is 0 Å². The van der Waals surface area contributed by atoms with Crippen LogP contribution in [0.1, 0.15) is 32.6 Å². The van der Waals surface area contributed by atoms with Crippen molar-refractivity contribution in [3.8, 4) is 6.07 Å². The Hall–Kier alpha value is -1.04. The Kier molecular flexibility index (Phi) is 2.69. The highest BCUT2D eigenvalue weighted by Gasteiger charge is 2.30. The zero-order valence-corrected chi connectivity index (χ0v) is 7.34. The minimum atomic E-state index is -0.0604. The summed E-state index contributed by atoms with van der Waals surface area (Å²) in [6.45, 7) is 2.04. The second-order valence-corrected chi connectivity index (χ2v) is 3.73. The number of hydrogen-bond donors (Lipinski definition) is 1. The predicted octanol–water partition coefficient (Wildman–Crippen LogP) is 1.20. The second-order valence-electron chi connectivity index (χ2n) is 3.73. The molecule has 1 fully saturated rings. The van der Waals surface area contributed by atoms with Crippen LogP contribution >= 0.6 is 0 Å². The number of amides is 1. The Balaban J connectivity index is 2.44. The fraction of sp³-hybridized carbons (Fsp3) is 0.778. The summed E-state index contributed by atoms with van der Waals surface area (Å²) in [6.07, 6.45) is 4.42. The first-order valence-electron chi connectivity index (χ1n) is 4.31. The van der Waals surface area contributed by atoms with E-state index in [0.29, 0.717) is 0 Å². The molecule has 1 aliphatic rings. The van der Waals surface area contributed by atoms with Crippen LogP contribution in [0.15, 0.2) is 0 Å². The molecule has 1 rings (SSSR count). The van der Waals surface area contributed by atoms with Gasteiger partial charge < -0.3 is 5.32 Å². The van der Waals surface area contributed by atoms with Crippen LogP contribution in [0.25, 0.3) is 0 Å². The average Bonchev–Trinajstić information content (AvgIpc) is 2.06. The smallest absolute Gasteiger partial charge is 0.207 e. The van der Waals surface area contributed by atoms with Crippen LogP contribution in [-0.4, -0.2) is 11.9 Å². The molecule has 1 aliphatic carbocycles. The summed E-state index contributed by atoms with van der Waals surface area (Å²) in [7, 11) is 0. The predicted molar refractivity (Wildman–Crippen MR) is 45.2 cm³/mol. The Morgan fingerprint density at radius 3 is 2.58 bits per heavy atom. The topological polar surface area (TPSA) is 52.9 Å². The van der Waals surface area contributed by atoms with Gasteiger partial charge in [-0.3, -0.25) is 4.79 Å². The third kappa shape index (κ3) is 1.97. The van der Waals surface area contributed by atoms with E-state index < -0.39 is 0 Å². The molecule has 0 bridgehead atoms. The Morgan fingerprint density at radius 2 is 2.17 bits per heavy atom. The van der Waals surface area contributed by atoms with E-state index in [0.717, 1.165) is 32.1 Å². The quantitative estimate of drug-likeness (QED) is 0.627. The van der Waals surface area contributed by atoms with Crippen molar-refractivity contribution in [1.82, 2.24) is 5.32 Å². The van der Waals surface area contributed by atoms with E-state index in [1.165, 1.54) is 0 Å². The first-order valence-corrected chi connectivity index (χ1v) is 4.31. The van der Waals surface area contributed by atoms with Crippen LogP contribution in [0.5, 0.6) is 0 Å². The standard InChI is InChI=1S/C9H14N2O/c1-9(11-7-12)4-2-8(6-10)3-5-9/h7-8H,2-5H2,1H3,(H,11,12). The monoisotopic (exact) mass is 166 g/mol. The van der Waals surface area contributed by atoms with Crippen molar-refractivity contribution in [2.24, 2.45) is 5.92 Å². The lowest BCUT2D eigenvalue weighted by molar-refractivity contribution is -0.111. The fourth-order valence-corrected chi connectivity index (χ4v) is 1.67. The molecular weight excluding hydrogens is 152 g/mol. The molecular formula is C9H14N2O. The lowest BCUT2D eigenvalue weighted by Crippen LogP contribution is -2.44. The maximum absolute atomic E-state index is 10.3. The molecule has 0 aromatic heterocycles. The number of rotatable bonds is 2. The van der Waals surface area contributed by atoms with Gasteiger partial charge in [-0.1, -0.05) is 0 Å². The van der Waals surface area contributed by atoms with Gasteiger partial charge >= 0.3 is 0 Å². The lowest BCUT2D eigenvalue weighted by atomic mass is 9.78. The number of carbonyl (C=O) groups excluding carboxylic acids is 1. The van der Waals surface area contributed by atoms with Gasteiger partial charge in [-0.25, -0.2) is 0 Å². The molecule has 0 aromatic carbocycles. The number of nitrogens with one attached hydrogen (secondary N) is 1. The van der Waals surface area contributed by atoms with E-state index in [4.69, 9.17) is 5.26 Å². The highest BCUT2D eigenvalue weighted by molar-refractivity contribution is 5.47. The molecule has 0 unspecified atom stereocenters. The molecule has 0 radical (unpaired) electrons. The lowest BCUT2D eigenvalue weighted by Gasteiger charge is -2.34. The Bertz CT molecular complexity index is 199. The molecule has 0 aliphatic heterocycles. The maximum atomic E-state index is 10.3. The second kappa shape index (κ2) is 3.57. The van der Waals surface area contributed by atoms with Crippen LogP contribution in [0.2, 0.25) is 0 Å². The van der Waals surface area contributed by atoms with Crippen LogP contribution in [0, 0.1) is 17.2 Å². The van der Waals surface area contributed by atoms with Crippen LogP contribution < -0.4 is 5.32 Å². The normalized spacial score (nSPS) is 35.2. The number of nitrogens with zero attached hydrogens (tertiary/aromatic N) is 1. The molecule has 12 heavy (non-hydrogen) atoms. The summed E-state index contributed by atoms with van der Waals surface area (Å²) in [5.74, 6) is 0.200. The Morgan fingerprint density at radius 1 is 1.58 bits per heavy atom. The molecule has 1 saturated carbocycles. The van der Waals surface area contributed by atoms with E-state index in [-0.39, 0.29) is 11.5 Å². The highest BCUT2D eigenvalue weighted by atomic mass is 16.1. The molecule has 1 N–H and O–H groups in total. The summed E-state index contributed by atoms with van der Waals surface area (Å²) in [5.41, 5.74) is -0.0604. The maximum Gasteiger partial charge on any atom is 0.207 e. The minimum absolute atomic E-state index is 0.0604. The summed E-state index contributed by atoms with van der Waals surface area (Å²) < 4.78 is 0. The van der Waals surface area contributed by atoms with Crippen molar-refractivity contribution in [2.75, 3.05) is 0 Å². The third-order valence-electron chi connectivity index (χ3n) is 2.68. The van der Waals surface area contributed by atoms with E-state index in [1.807, 2.05) is 6.92 Å². The van der Waals surface area contributed by atoms with Gasteiger partial charge in [-0.05, 0) is 32.6 Å². The number of hydrogen-bond acceptors (Lipinski definition) is 2. The van der Waals surface area contributed by atoms with E-state index >= 15 is 0 Å². The number of carbonyl (C=O) groups is 1. The molecule has 0 spiro atoms.